The molecule has 3 rings (SSSR count). The fourth-order valence-corrected chi connectivity index (χ4v) is 3.33. The lowest BCUT2D eigenvalue weighted by atomic mass is 9.70. The first kappa shape index (κ1) is 12.2. The third kappa shape index (κ3) is 1.99. The van der Waals surface area contributed by atoms with Crippen molar-refractivity contribution in [3.8, 4) is 0 Å². The zero-order valence-corrected chi connectivity index (χ0v) is 12.1. The number of nitrogens with one attached hydrogen (secondary N) is 1. The summed E-state index contributed by atoms with van der Waals surface area (Å²) in [5.74, 6) is 0. The highest BCUT2D eigenvalue weighted by Crippen LogP contribution is 2.50. The first-order valence-electron chi connectivity index (χ1n) is 7.24. The highest BCUT2D eigenvalue weighted by Gasteiger charge is 2.48. The van der Waals surface area contributed by atoms with Crippen LogP contribution < -0.4 is 5.32 Å². The molecule has 1 N–H and O–H groups in total. The summed E-state index contributed by atoms with van der Waals surface area (Å²) >= 11 is 0. The number of hydrogen-bond acceptors (Lipinski definition) is 1. The van der Waals surface area contributed by atoms with Crippen LogP contribution in [0.2, 0.25) is 0 Å². The minimum atomic E-state index is 0.368. The zero-order valence-electron chi connectivity index (χ0n) is 12.1. The fourth-order valence-electron chi connectivity index (χ4n) is 3.33. The van der Waals surface area contributed by atoms with E-state index in [-0.39, 0.29) is 0 Å². The smallest absolute Gasteiger partial charge is 0.0377 e. The maximum Gasteiger partial charge on any atom is 0.0377 e. The van der Waals surface area contributed by atoms with Crippen LogP contribution in [-0.4, -0.2) is 6.04 Å². The summed E-state index contributed by atoms with van der Waals surface area (Å²) in [5, 5.41) is 3.93. The lowest BCUT2D eigenvalue weighted by molar-refractivity contribution is 0.202. The van der Waals surface area contributed by atoms with Crippen LogP contribution >= 0.6 is 0 Å². The van der Waals surface area contributed by atoms with Gasteiger partial charge in [-0.3, -0.25) is 0 Å². The van der Waals surface area contributed by atoms with Gasteiger partial charge >= 0.3 is 0 Å². The van der Waals surface area contributed by atoms with E-state index in [2.05, 4.69) is 57.3 Å². The molecule has 2 unspecified atom stereocenters. The maximum atomic E-state index is 3.93. The summed E-state index contributed by atoms with van der Waals surface area (Å²) in [6, 6.07) is 10.2. The van der Waals surface area contributed by atoms with Gasteiger partial charge in [0.1, 0.15) is 0 Å². The van der Waals surface area contributed by atoms with Gasteiger partial charge in [-0.05, 0) is 41.2 Å². The first-order chi connectivity index (χ1) is 8.40. The largest absolute Gasteiger partial charge is 0.306 e. The summed E-state index contributed by atoms with van der Waals surface area (Å²) in [6.45, 7) is 9.56. The van der Waals surface area contributed by atoms with Crippen molar-refractivity contribution in [2.45, 2.75) is 59.0 Å². The van der Waals surface area contributed by atoms with Gasteiger partial charge in [-0.1, -0.05) is 52.0 Å². The molecule has 0 amide bonds. The average Bonchev–Trinajstić information content (AvgIpc) is 2.91. The zero-order chi connectivity index (χ0) is 13.0. The van der Waals surface area contributed by atoms with Crippen LogP contribution in [0.15, 0.2) is 24.3 Å². The summed E-state index contributed by atoms with van der Waals surface area (Å²) in [5.41, 5.74) is 3.96. The van der Waals surface area contributed by atoms with Crippen molar-refractivity contribution in [2.75, 3.05) is 0 Å². The van der Waals surface area contributed by atoms with Crippen molar-refractivity contribution in [3.05, 3.63) is 35.4 Å². The number of aryl methyl sites for hydroxylation is 1. The van der Waals surface area contributed by atoms with Crippen LogP contribution in [-0.2, 0) is 6.42 Å². The second-order valence-electron chi connectivity index (χ2n) is 7.53. The van der Waals surface area contributed by atoms with Gasteiger partial charge in [-0.25, -0.2) is 0 Å². The topological polar surface area (TPSA) is 12.0 Å². The molecule has 0 heterocycles. The molecular formula is C17H25N. The second-order valence-corrected chi connectivity index (χ2v) is 7.53. The molecule has 2 aliphatic rings. The molecule has 1 aromatic rings. The normalized spacial score (nSPS) is 31.8. The molecule has 0 bridgehead atoms. The van der Waals surface area contributed by atoms with E-state index in [1.54, 1.807) is 5.56 Å². The summed E-state index contributed by atoms with van der Waals surface area (Å²) < 4.78 is 0. The maximum absolute atomic E-state index is 3.93. The van der Waals surface area contributed by atoms with E-state index in [1.807, 2.05) is 0 Å². The van der Waals surface area contributed by atoms with E-state index in [9.17, 15) is 0 Å². The molecule has 1 heteroatoms. The van der Waals surface area contributed by atoms with Gasteiger partial charge in [0.2, 0.25) is 0 Å². The van der Waals surface area contributed by atoms with Crippen LogP contribution in [0, 0.1) is 10.8 Å². The molecule has 18 heavy (non-hydrogen) atoms. The van der Waals surface area contributed by atoms with Gasteiger partial charge in [-0.15, -0.1) is 0 Å². The first-order valence-corrected chi connectivity index (χ1v) is 7.24. The summed E-state index contributed by atoms with van der Waals surface area (Å²) in [6.07, 6.45) is 3.84. The number of benzene rings is 1. The highest BCUT2D eigenvalue weighted by atomic mass is 15.0. The highest BCUT2D eigenvalue weighted by molar-refractivity contribution is 5.34. The SMILES string of the molecule is CC1(C)CC1NC1c2ccccc2CCC1(C)C. The predicted octanol–water partition coefficient (Wildman–Crippen LogP) is 4.09. The molecule has 0 aromatic heterocycles. The Morgan fingerprint density at radius 2 is 1.72 bits per heavy atom. The average molecular weight is 243 g/mol. The molecule has 0 radical (unpaired) electrons. The van der Waals surface area contributed by atoms with Crippen molar-refractivity contribution >= 4 is 0 Å². The lowest BCUT2D eigenvalue weighted by Crippen LogP contribution is -2.40. The van der Waals surface area contributed by atoms with E-state index in [4.69, 9.17) is 0 Å². The lowest BCUT2D eigenvalue weighted by Gasteiger charge is -2.41. The molecular weight excluding hydrogens is 218 g/mol. The van der Waals surface area contributed by atoms with Gasteiger partial charge in [0.15, 0.2) is 0 Å². The van der Waals surface area contributed by atoms with E-state index in [0.717, 1.165) is 0 Å². The summed E-state index contributed by atoms with van der Waals surface area (Å²) in [7, 11) is 0. The molecule has 1 aromatic carbocycles. The minimum absolute atomic E-state index is 0.368. The van der Waals surface area contributed by atoms with E-state index < -0.39 is 0 Å². The van der Waals surface area contributed by atoms with Crippen LogP contribution in [0.4, 0.5) is 0 Å². The van der Waals surface area contributed by atoms with Crippen LogP contribution in [0.5, 0.6) is 0 Å². The van der Waals surface area contributed by atoms with Crippen LogP contribution in [0.25, 0.3) is 0 Å². The molecule has 1 fully saturated rings. The molecule has 2 aliphatic carbocycles. The Bertz CT molecular complexity index is 458. The molecule has 1 saturated carbocycles. The van der Waals surface area contributed by atoms with E-state index in [1.165, 1.54) is 24.8 Å². The third-order valence-electron chi connectivity index (χ3n) is 5.07. The van der Waals surface area contributed by atoms with Crippen LogP contribution in [0.1, 0.15) is 57.7 Å². The van der Waals surface area contributed by atoms with Crippen molar-refractivity contribution in [3.63, 3.8) is 0 Å². The van der Waals surface area contributed by atoms with Crippen molar-refractivity contribution in [2.24, 2.45) is 10.8 Å². The molecule has 0 saturated heterocycles. The minimum Gasteiger partial charge on any atom is -0.306 e. The third-order valence-corrected chi connectivity index (χ3v) is 5.07. The van der Waals surface area contributed by atoms with Gasteiger partial charge in [0, 0.05) is 12.1 Å². The Kier molecular flexibility index (Phi) is 2.60. The molecule has 98 valence electrons. The standard InChI is InChI=1S/C17H25N/c1-16(2)10-9-12-7-5-6-8-13(12)15(16)18-14-11-17(14,3)4/h5-8,14-15,18H,9-11H2,1-4H3. The number of rotatable bonds is 2. The Labute approximate surface area is 111 Å². The van der Waals surface area contributed by atoms with Crippen LogP contribution in [0.3, 0.4) is 0 Å². The Balaban J connectivity index is 1.90. The van der Waals surface area contributed by atoms with Gasteiger partial charge < -0.3 is 5.32 Å². The molecule has 0 spiro atoms. The second kappa shape index (κ2) is 3.84. The van der Waals surface area contributed by atoms with Gasteiger partial charge in [0.25, 0.3) is 0 Å². The molecule has 0 aliphatic heterocycles. The van der Waals surface area contributed by atoms with E-state index in [0.29, 0.717) is 22.9 Å². The monoisotopic (exact) mass is 243 g/mol. The van der Waals surface area contributed by atoms with Crippen molar-refractivity contribution in [1.29, 1.82) is 0 Å². The summed E-state index contributed by atoms with van der Waals surface area (Å²) in [4.78, 5) is 0. The Hall–Kier alpha value is -0.820. The van der Waals surface area contributed by atoms with Crippen molar-refractivity contribution in [1.82, 2.24) is 5.32 Å². The molecule has 2 atom stereocenters. The van der Waals surface area contributed by atoms with Gasteiger partial charge in [-0.2, -0.15) is 0 Å². The van der Waals surface area contributed by atoms with Crippen molar-refractivity contribution < 1.29 is 0 Å². The number of hydrogen-bond donors (Lipinski definition) is 1. The predicted molar refractivity (Wildman–Crippen MR) is 76.6 cm³/mol. The quantitative estimate of drug-likeness (QED) is 0.825. The fraction of sp³-hybridized carbons (Fsp3) is 0.647. The molecule has 1 nitrogen and oxygen atoms in total. The van der Waals surface area contributed by atoms with Gasteiger partial charge in [0.05, 0.1) is 0 Å². The Morgan fingerprint density at radius 3 is 2.39 bits per heavy atom. The number of fused-ring (bicyclic) bond motifs is 1. The van der Waals surface area contributed by atoms with E-state index >= 15 is 0 Å². The Morgan fingerprint density at radius 1 is 1.06 bits per heavy atom.